The number of carbonyl (C=O) groups is 1. The molecule has 0 fully saturated rings. The van der Waals surface area contributed by atoms with Crippen molar-refractivity contribution < 1.29 is 13.6 Å². The van der Waals surface area contributed by atoms with E-state index in [4.69, 9.17) is 5.26 Å². The normalized spacial score (nSPS) is 10.2. The standard InChI is InChI=1S/C3ClF2NO/c4-2(8)3(5,6)1-7. The van der Waals surface area contributed by atoms with Gasteiger partial charge >= 0.3 is 11.2 Å². The molecule has 0 unspecified atom stereocenters. The van der Waals surface area contributed by atoms with E-state index in [0.29, 0.717) is 6.07 Å². The second-order valence-corrected chi connectivity index (χ2v) is 1.30. The highest BCUT2D eigenvalue weighted by molar-refractivity contribution is 6.65. The molecule has 2 nitrogen and oxygen atoms in total. The molecular formula is C3ClF2NO. The van der Waals surface area contributed by atoms with E-state index in [0.717, 1.165) is 0 Å². The fourth-order valence-electron chi connectivity index (χ4n) is 0.0440. The Hall–Kier alpha value is -0.690. The summed E-state index contributed by atoms with van der Waals surface area (Å²) in [6, 6.07) is 0.426. The Morgan fingerprint density at radius 2 is 2.12 bits per heavy atom. The minimum absolute atomic E-state index is 0.426. The summed E-state index contributed by atoms with van der Waals surface area (Å²) in [4.78, 5) is 9.49. The molecule has 0 bridgehead atoms. The first-order valence-electron chi connectivity index (χ1n) is 1.49. The van der Waals surface area contributed by atoms with Gasteiger partial charge < -0.3 is 0 Å². The van der Waals surface area contributed by atoms with E-state index in [1.807, 2.05) is 0 Å². The average molecular weight is 139 g/mol. The molecule has 0 atom stereocenters. The highest BCUT2D eigenvalue weighted by Gasteiger charge is 2.36. The lowest BCUT2D eigenvalue weighted by Crippen LogP contribution is -2.20. The summed E-state index contributed by atoms with van der Waals surface area (Å²) < 4.78 is 22.9. The van der Waals surface area contributed by atoms with Crippen LogP contribution < -0.4 is 0 Å². The fourth-order valence-corrected chi connectivity index (χ4v) is 0.0862. The topological polar surface area (TPSA) is 40.9 Å². The average Bonchev–Trinajstić information content (AvgIpc) is 1.67. The first-order chi connectivity index (χ1) is 3.50. The van der Waals surface area contributed by atoms with E-state index < -0.39 is 11.2 Å². The van der Waals surface area contributed by atoms with E-state index in [2.05, 4.69) is 11.6 Å². The molecule has 0 amide bonds. The van der Waals surface area contributed by atoms with E-state index in [1.165, 1.54) is 0 Å². The molecule has 0 heterocycles. The monoisotopic (exact) mass is 139 g/mol. The van der Waals surface area contributed by atoms with Crippen molar-refractivity contribution in [2.24, 2.45) is 0 Å². The lowest BCUT2D eigenvalue weighted by atomic mass is 10.4. The van der Waals surface area contributed by atoms with Gasteiger partial charge in [-0.1, -0.05) is 0 Å². The van der Waals surface area contributed by atoms with Crippen molar-refractivity contribution in [1.29, 1.82) is 5.26 Å². The number of carbonyl (C=O) groups excluding carboxylic acids is 1. The molecule has 0 radical (unpaired) electrons. The first kappa shape index (κ1) is 7.31. The number of hydrogen-bond acceptors (Lipinski definition) is 2. The third-order valence-corrected chi connectivity index (χ3v) is 0.625. The van der Waals surface area contributed by atoms with E-state index >= 15 is 0 Å². The Morgan fingerprint density at radius 1 is 1.75 bits per heavy atom. The van der Waals surface area contributed by atoms with Gasteiger partial charge in [0, 0.05) is 0 Å². The highest BCUT2D eigenvalue weighted by atomic mass is 35.5. The van der Waals surface area contributed by atoms with Crippen LogP contribution in [-0.4, -0.2) is 11.2 Å². The molecule has 0 spiro atoms. The van der Waals surface area contributed by atoms with Crippen LogP contribution in [0.2, 0.25) is 0 Å². The third-order valence-electron chi connectivity index (χ3n) is 0.387. The number of hydrogen-bond donors (Lipinski definition) is 0. The number of nitriles is 1. The minimum atomic E-state index is -4.03. The van der Waals surface area contributed by atoms with Crippen LogP contribution in [0.15, 0.2) is 0 Å². The van der Waals surface area contributed by atoms with E-state index in [-0.39, 0.29) is 0 Å². The number of rotatable bonds is 1. The van der Waals surface area contributed by atoms with Crippen molar-refractivity contribution >= 4 is 16.8 Å². The van der Waals surface area contributed by atoms with Gasteiger partial charge in [0.15, 0.2) is 0 Å². The summed E-state index contributed by atoms with van der Waals surface area (Å²) >= 11 is 4.26. The van der Waals surface area contributed by atoms with Crippen molar-refractivity contribution in [3.8, 4) is 6.07 Å². The summed E-state index contributed by atoms with van der Waals surface area (Å²) in [5, 5.41) is 5.51. The largest absolute Gasteiger partial charge is 0.404 e. The van der Waals surface area contributed by atoms with Crippen LogP contribution in [0, 0.1) is 11.3 Å². The smallest absolute Gasteiger partial charge is 0.273 e. The van der Waals surface area contributed by atoms with Crippen molar-refractivity contribution in [2.75, 3.05) is 0 Å². The number of halogens is 3. The summed E-state index contributed by atoms with van der Waals surface area (Å²) in [5.41, 5.74) is 0. The maximum atomic E-state index is 11.4. The zero-order chi connectivity index (χ0) is 6.78. The van der Waals surface area contributed by atoms with Crippen LogP contribution in [0.25, 0.3) is 0 Å². The minimum Gasteiger partial charge on any atom is -0.273 e. The lowest BCUT2D eigenvalue weighted by Gasteiger charge is -1.95. The van der Waals surface area contributed by atoms with Crippen LogP contribution in [-0.2, 0) is 4.79 Å². The van der Waals surface area contributed by atoms with Crippen molar-refractivity contribution in [3.05, 3.63) is 0 Å². The molecule has 8 heavy (non-hydrogen) atoms. The van der Waals surface area contributed by atoms with Crippen molar-refractivity contribution in [1.82, 2.24) is 0 Å². The molecule has 0 rings (SSSR count). The molecular weight excluding hydrogens is 139 g/mol. The Kier molecular flexibility index (Phi) is 1.88. The Labute approximate surface area is 48.7 Å². The van der Waals surface area contributed by atoms with Gasteiger partial charge in [-0.15, -0.1) is 0 Å². The molecule has 5 heteroatoms. The molecule has 0 aliphatic carbocycles. The molecule has 0 aliphatic heterocycles. The summed E-state index contributed by atoms with van der Waals surface area (Å²) in [7, 11) is 0. The van der Waals surface area contributed by atoms with Gasteiger partial charge in [-0.25, -0.2) is 0 Å². The van der Waals surface area contributed by atoms with Crippen LogP contribution >= 0.6 is 11.6 Å². The van der Waals surface area contributed by atoms with Gasteiger partial charge in [-0.3, -0.25) is 4.79 Å². The highest BCUT2D eigenvalue weighted by Crippen LogP contribution is 2.14. The van der Waals surface area contributed by atoms with E-state index in [1.54, 1.807) is 0 Å². The number of nitrogens with zero attached hydrogens (tertiary/aromatic N) is 1. The molecule has 0 saturated heterocycles. The van der Waals surface area contributed by atoms with Gasteiger partial charge in [0.1, 0.15) is 6.07 Å². The predicted octanol–water partition coefficient (Wildman–Crippen LogP) is 0.911. The quantitative estimate of drug-likeness (QED) is 0.507. The van der Waals surface area contributed by atoms with Gasteiger partial charge in [-0.05, 0) is 11.6 Å². The zero-order valence-corrected chi connectivity index (χ0v) is 4.25. The van der Waals surface area contributed by atoms with Crippen LogP contribution in [0.3, 0.4) is 0 Å². The third kappa shape index (κ3) is 1.43. The molecule has 0 saturated carbocycles. The van der Waals surface area contributed by atoms with Crippen LogP contribution in [0.4, 0.5) is 8.78 Å². The SMILES string of the molecule is N#CC(F)(F)C(=O)Cl. The number of alkyl halides is 2. The second kappa shape index (κ2) is 2.05. The Bertz CT molecular complexity index is 150. The maximum Gasteiger partial charge on any atom is 0.404 e. The first-order valence-corrected chi connectivity index (χ1v) is 1.87. The maximum absolute atomic E-state index is 11.4. The molecule has 0 aromatic carbocycles. The molecule has 0 aromatic rings. The van der Waals surface area contributed by atoms with E-state index in [9.17, 15) is 13.6 Å². The Morgan fingerprint density at radius 3 is 2.12 bits per heavy atom. The lowest BCUT2D eigenvalue weighted by molar-refractivity contribution is -0.127. The molecule has 0 aromatic heterocycles. The van der Waals surface area contributed by atoms with Crippen molar-refractivity contribution in [2.45, 2.75) is 5.92 Å². The van der Waals surface area contributed by atoms with Gasteiger partial charge in [0.05, 0.1) is 0 Å². The predicted molar refractivity (Wildman–Crippen MR) is 21.4 cm³/mol. The summed E-state index contributed by atoms with van der Waals surface area (Å²) in [6.07, 6.45) is 0. The fraction of sp³-hybridized carbons (Fsp3) is 0.333. The summed E-state index contributed by atoms with van der Waals surface area (Å²) in [5.74, 6) is -4.03. The second-order valence-electron chi connectivity index (χ2n) is 0.960. The molecule has 0 aliphatic rings. The van der Waals surface area contributed by atoms with Crippen molar-refractivity contribution in [3.63, 3.8) is 0 Å². The van der Waals surface area contributed by atoms with Gasteiger partial charge in [-0.2, -0.15) is 14.0 Å². The van der Waals surface area contributed by atoms with Gasteiger partial charge in [0.25, 0.3) is 0 Å². The van der Waals surface area contributed by atoms with Crippen LogP contribution in [0.1, 0.15) is 0 Å². The van der Waals surface area contributed by atoms with Crippen LogP contribution in [0.5, 0.6) is 0 Å². The molecule has 0 N–H and O–H groups in total. The molecule has 44 valence electrons. The Balaban J connectivity index is 4.19. The van der Waals surface area contributed by atoms with Gasteiger partial charge in [0.2, 0.25) is 0 Å². The zero-order valence-electron chi connectivity index (χ0n) is 3.49. The summed E-state index contributed by atoms with van der Waals surface area (Å²) in [6.45, 7) is 0.